The number of carbonyl (C=O) groups is 3. The SMILES string of the molecule is Cc1c(CC(=O)NC(Cc2ccc(Cl)cc2)C(=O)NCCCCCC(=O)O)c(=O)oc2cc3oc4c(c3cc12)CCCC4. The number of rotatable bonds is 12. The van der Waals surface area contributed by atoms with Crippen LogP contribution >= 0.6 is 11.6 Å². The van der Waals surface area contributed by atoms with Crippen LogP contribution in [0.4, 0.5) is 0 Å². The molecule has 1 unspecified atom stereocenters. The Morgan fingerprint density at radius 2 is 1.72 bits per heavy atom. The van der Waals surface area contributed by atoms with Crippen molar-refractivity contribution < 1.29 is 28.3 Å². The maximum atomic E-state index is 13.3. The van der Waals surface area contributed by atoms with Gasteiger partial charge in [0.25, 0.3) is 0 Å². The van der Waals surface area contributed by atoms with Gasteiger partial charge < -0.3 is 24.6 Å². The number of unbranched alkanes of at least 4 members (excludes halogenated alkanes) is 2. The van der Waals surface area contributed by atoms with Gasteiger partial charge in [0.2, 0.25) is 11.8 Å². The van der Waals surface area contributed by atoms with Gasteiger partial charge in [0.1, 0.15) is 23.0 Å². The minimum Gasteiger partial charge on any atom is -0.481 e. The first-order chi connectivity index (χ1) is 20.7. The first-order valence-corrected chi connectivity index (χ1v) is 15.1. The van der Waals surface area contributed by atoms with E-state index in [0.717, 1.165) is 47.8 Å². The summed E-state index contributed by atoms with van der Waals surface area (Å²) in [5.41, 5.74) is 3.42. The molecule has 1 atom stereocenters. The third-order valence-corrected chi connectivity index (χ3v) is 8.32. The Hall–Kier alpha value is -4.11. The van der Waals surface area contributed by atoms with E-state index in [1.165, 1.54) is 5.56 Å². The summed E-state index contributed by atoms with van der Waals surface area (Å²) >= 11 is 6.02. The number of furan rings is 1. The van der Waals surface area contributed by atoms with Crippen molar-refractivity contribution in [3.05, 3.63) is 79.9 Å². The van der Waals surface area contributed by atoms with Crippen molar-refractivity contribution in [3.8, 4) is 0 Å². The van der Waals surface area contributed by atoms with Crippen LogP contribution in [0.25, 0.3) is 21.9 Å². The molecule has 0 spiro atoms. The zero-order valence-corrected chi connectivity index (χ0v) is 24.9. The highest BCUT2D eigenvalue weighted by molar-refractivity contribution is 6.30. The molecule has 4 aromatic rings. The molecule has 0 aliphatic heterocycles. The van der Waals surface area contributed by atoms with Crippen molar-refractivity contribution in [3.63, 3.8) is 0 Å². The number of benzene rings is 2. The molecule has 5 rings (SSSR count). The van der Waals surface area contributed by atoms with Crippen molar-refractivity contribution in [2.75, 3.05) is 6.54 Å². The van der Waals surface area contributed by atoms with Gasteiger partial charge in [-0.25, -0.2) is 4.79 Å². The molecule has 1 aliphatic rings. The second-order valence-electron chi connectivity index (χ2n) is 11.2. The zero-order chi connectivity index (χ0) is 30.5. The molecule has 3 N–H and O–H groups in total. The molecule has 43 heavy (non-hydrogen) atoms. The Kier molecular flexibility index (Phi) is 9.50. The van der Waals surface area contributed by atoms with Gasteiger partial charge in [-0.15, -0.1) is 0 Å². The number of hydrogen-bond donors (Lipinski definition) is 3. The maximum absolute atomic E-state index is 13.3. The van der Waals surface area contributed by atoms with Gasteiger partial charge in [0.15, 0.2) is 0 Å². The molecule has 0 saturated carbocycles. The molecular weight excluding hydrogens is 572 g/mol. The summed E-state index contributed by atoms with van der Waals surface area (Å²) < 4.78 is 11.7. The normalized spacial score (nSPS) is 13.5. The monoisotopic (exact) mass is 606 g/mol. The van der Waals surface area contributed by atoms with Crippen molar-refractivity contribution in [2.24, 2.45) is 0 Å². The van der Waals surface area contributed by atoms with Gasteiger partial charge in [-0.1, -0.05) is 30.2 Å². The molecule has 10 heteroatoms. The van der Waals surface area contributed by atoms with Crippen LogP contribution in [0, 0.1) is 6.92 Å². The number of hydrogen-bond acceptors (Lipinski definition) is 6. The average Bonchev–Trinajstić information content (AvgIpc) is 3.34. The second-order valence-corrected chi connectivity index (χ2v) is 11.6. The van der Waals surface area contributed by atoms with Crippen LogP contribution in [-0.4, -0.2) is 35.5 Å². The van der Waals surface area contributed by atoms with Gasteiger partial charge in [-0.2, -0.15) is 0 Å². The van der Waals surface area contributed by atoms with Gasteiger partial charge >= 0.3 is 11.6 Å². The highest BCUT2D eigenvalue weighted by Gasteiger charge is 2.24. The molecule has 0 radical (unpaired) electrons. The van der Waals surface area contributed by atoms with E-state index in [1.54, 1.807) is 30.3 Å². The fourth-order valence-electron chi connectivity index (χ4n) is 5.73. The number of carboxylic acid groups (broad SMARTS) is 1. The summed E-state index contributed by atoms with van der Waals surface area (Å²) in [5.74, 6) is -0.705. The lowest BCUT2D eigenvalue weighted by Gasteiger charge is -2.19. The molecule has 0 saturated heterocycles. The van der Waals surface area contributed by atoms with Crippen molar-refractivity contribution >= 4 is 51.3 Å². The molecule has 2 aromatic carbocycles. The first-order valence-electron chi connectivity index (χ1n) is 14.7. The average molecular weight is 607 g/mol. The summed E-state index contributed by atoms with van der Waals surface area (Å²) in [4.78, 5) is 50.2. The summed E-state index contributed by atoms with van der Waals surface area (Å²) in [6.07, 6.45) is 5.89. The Morgan fingerprint density at radius 3 is 2.49 bits per heavy atom. The Balaban J connectivity index is 1.32. The number of fused-ring (bicyclic) bond motifs is 4. The van der Waals surface area contributed by atoms with E-state index >= 15 is 0 Å². The largest absolute Gasteiger partial charge is 0.481 e. The van der Waals surface area contributed by atoms with Gasteiger partial charge in [-0.05, 0) is 68.4 Å². The van der Waals surface area contributed by atoms with Gasteiger partial charge in [0, 0.05) is 53.2 Å². The number of carboxylic acids is 1. The predicted octanol–water partition coefficient (Wildman–Crippen LogP) is 5.41. The van der Waals surface area contributed by atoms with E-state index in [4.69, 9.17) is 25.5 Å². The molecule has 0 bridgehead atoms. The summed E-state index contributed by atoms with van der Waals surface area (Å²) in [6.45, 7) is 2.16. The molecule has 9 nitrogen and oxygen atoms in total. The van der Waals surface area contributed by atoms with E-state index in [0.29, 0.717) is 47.6 Å². The van der Waals surface area contributed by atoms with E-state index in [-0.39, 0.29) is 30.7 Å². The fraction of sp³-hybridized carbons (Fsp3) is 0.394. The molecule has 2 aromatic heterocycles. The molecule has 1 aliphatic carbocycles. The Morgan fingerprint density at radius 1 is 0.977 bits per heavy atom. The fourth-order valence-corrected chi connectivity index (χ4v) is 5.86. The standard InChI is InChI=1S/C33H35ClN2O7/c1-19-23-16-25-22-7-4-5-8-27(22)42-29(25)18-28(23)43-33(41)24(19)17-30(37)36-26(15-20-10-12-21(34)13-11-20)32(40)35-14-6-2-3-9-31(38)39/h10-13,16,18,26H,2-9,14-15,17H2,1H3,(H,35,40)(H,36,37)(H,38,39). The lowest BCUT2D eigenvalue weighted by molar-refractivity contribution is -0.137. The van der Waals surface area contributed by atoms with E-state index in [9.17, 15) is 19.2 Å². The van der Waals surface area contributed by atoms with Gasteiger partial charge in [0.05, 0.1) is 12.0 Å². The van der Waals surface area contributed by atoms with E-state index < -0.39 is 23.5 Å². The topological polar surface area (TPSA) is 139 Å². The number of aryl methyl sites for hydroxylation is 3. The van der Waals surface area contributed by atoms with Crippen LogP contribution in [0.5, 0.6) is 0 Å². The molecule has 226 valence electrons. The van der Waals surface area contributed by atoms with Crippen LogP contribution in [-0.2, 0) is 40.1 Å². The molecule has 2 amide bonds. The highest BCUT2D eigenvalue weighted by Crippen LogP contribution is 2.35. The number of amides is 2. The number of carbonyl (C=O) groups excluding carboxylic acids is 2. The molecule has 0 fully saturated rings. The predicted molar refractivity (Wildman–Crippen MR) is 164 cm³/mol. The molecule has 2 heterocycles. The summed E-state index contributed by atoms with van der Waals surface area (Å²) in [7, 11) is 0. The first kappa shape index (κ1) is 30.4. The van der Waals surface area contributed by atoms with E-state index in [2.05, 4.69) is 10.6 Å². The van der Waals surface area contributed by atoms with Crippen molar-refractivity contribution in [2.45, 2.75) is 77.2 Å². The van der Waals surface area contributed by atoms with Crippen molar-refractivity contribution in [1.29, 1.82) is 0 Å². The number of nitrogens with one attached hydrogen (secondary N) is 2. The quantitative estimate of drug-likeness (QED) is 0.145. The lowest BCUT2D eigenvalue weighted by atomic mass is 9.94. The van der Waals surface area contributed by atoms with E-state index in [1.807, 2.05) is 13.0 Å². The minimum absolute atomic E-state index is 0.0839. The zero-order valence-electron chi connectivity index (χ0n) is 24.1. The van der Waals surface area contributed by atoms with Crippen LogP contribution in [0.1, 0.15) is 66.5 Å². The van der Waals surface area contributed by atoms with Gasteiger partial charge in [-0.3, -0.25) is 14.4 Å². The Labute approximate surface area is 253 Å². The number of halogens is 1. The number of aliphatic carboxylic acids is 1. The smallest absolute Gasteiger partial charge is 0.340 e. The van der Waals surface area contributed by atoms with Crippen LogP contribution < -0.4 is 16.3 Å². The highest BCUT2D eigenvalue weighted by atomic mass is 35.5. The summed E-state index contributed by atoms with van der Waals surface area (Å²) in [5, 5.41) is 16.8. The summed E-state index contributed by atoms with van der Waals surface area (Å²) in [6, 6.07) is 9.87. The lowest BCUT2D eigenvalue weighted by Crippen LogP contribution is -2.49. The third kappa shape index (κ3) is 7.28. The minimum atomic E-state index is -0.891. The van der Waals surface area contributed by atoms with Crippen LogP contribution in [0.3, 0.4) is 0 Å². The van der Waals surface area contributed by atoms with Crippen LogP contribution in [0.15, 0.2) is 50.0 Å². The second kappa shape index (κ2) is 13.5. The molecular formula is C33H35ClN2O7. The third-order valence-electron chi connectivity index (χ3n) is 8.07. The van der Waals surface area contributed by atoms with Crippen LogP contribution in [0.2, 0.25) is 5.02 Å². The van der Waals surface area contributed by atoms with Crippen molar-refractivity contribution in [1.82, 2.24) is 10.6 Å². The Bertz CT molecular complexity index is 1720. The maximum Gasteiger partial charge on any atom is 0.340 e.